The number of rotatable bonds is 6. The number of amides is 1. The predicted octanol–water partition coefficient (Wildman–Crippen LogP) is 4.89. The van der Waals surface area contributed by atoms with Crippen molar-refractivity contribution in [1.82, 2.24) is 4.90 Å². The monoisotopic (exact) mass is 495 g/mol. The van der Waals surface area contributed by atoms with Gasteiger partial charge in [-0.05, 0) is 42.3 Å². The van der Waals surface area contributed by atoms with Gasteiger partial charge in [-0.1, -0.05) is 52.5 Å². The molecule has 2 aromatic rings. The Bertz CT molecular complexity index is 1030. The molecule has 2 aromatic carbocycles. The maximum atomic E-state index is 12.9. The van der Waals surface area contributed by atoms with E-state index >= 15 is 0 Å². The van der Waals surface area contributed by atoms with Crippen LogP contribution in [0.3, 0.4) is 0 Å². The van der Waals surface area contributed by atoms with Crippen LogP contribution in [0.5, 0.6) is 5.75 Å². The van der Waals surface area contributed by atoms with Crippen LogP contribution in [0.1, 0.15) is 12.0 Å². The first-order valence-corrected chi connectivity index (χ1v) is 12.0. The molecule has 1 aliphatic rings. The Morgan fingerprint density at radius 1 is 1.03 bits per heavy atom. The van der Waals surface area contributed by atoms with Crippen LogP contribution in [-0.4, -0.2) is 43.4 Å². The maximum Gasteiger partial charge on any atom is 0.261 e. The quantitative estimate of drug-likeness (QED) is 0.570. The number of benzene rings is 2. The van der Waals surface area contributed by atoms with E-state index < -0.39 is 15.9 Å². The highest BCUT2D eigenvalue weighted by Crippen LogP contribution is 2.29. The van der Waals surface area contributed by atoms with Gasteiger partial charge in [0.2, 0.25) is 0 Å². The van der Waals surface area contributed by atoms with Crippen molar-refractivity contribution in [3.8, 4) is 5.75 Å². The van der Waals surface area contributed by atoms with Gasteiger partial charge in [-0.2, -0.15) is 0 Å². The maximum absolute atomic E-state index is 12.9. The molecule has 1 atom stereocenters. The fourth-order valence-electron chi connectivity index (χ4n) is 3.09. The molecule has 0 aliphatic carbocycles. The molecule has 1 amide bonds. The second kappa shape index (κ2) is 9.31. The number of ether oxygens (including phenoxy) is 1. The van der Waals surface area contributed by atoms with Crippen molar-refractivity contribution in [2.24, 2.45) is 0 Å². The third-order valence-electron chi connectivity index (χ3n) is 4.57. The Hall–Kier alpha value is -1.18. The Morgan fingerprint density at radius 2 is 1.69 bits per heavy atom. The van der Waals surface area contributed by atoms with E-state index in [1.165, 1.54) is 11.0 Å². The zero-order valence-corrected chi connectivity index (χ0v) is 18.9. The average molecular weight is 497 g/mol. The van der Waals surface area contributed by atoms with E-state index in [1.807, 2.05) is 0 Å². The Morgan fingerprint density at radius 3 is 2.28 bits per heavy atom. The summed E-state index contributed by atoms with van der Waals surface area (Å²) in [6, 6.07) is 9.18. The van der Waals surface area contributed by atoms with E-state index in [2.05, 4.69) is 0 Å². The highest BCUT2D eigenvalue weighted by atomic mass is 35.5. The molecular weight excluding hydrogens is 480 g/mol. The number of hydrogen-bond acceptors (Lipinski definition) is 4. The lowest BCUT2D eigenvalue weighted by molar-refractivity contribution is -0.136. The SMILES string of the molecule is O=C(COc1ccc(Cl)cc1Cl)N(Cc1ccc(Cl)cc1Cl)C1CCS(=O)(=O)C1. The number of nitrogens with zero attached hydrogens (tertiary/aromatic N) is 1. The number of sulfone groups is 1. The van der Waals surface area contributed by atoms with Gasteiger partial charge >= 0.3 is 0 Å². The number of hydrogen-bond donors (Lipinski definition) is 0. The van der Waals surface area contributed by atoms with E-state index in [4.69, 9.17) is 51.1 Å². The lowest BCUT2D eigenvalue weighted by Crippen LogP contribution is -2.43. The lowest BCUT2D eigenvalue weighted by atomic mass is 10.1. The first-order valence-electron chi connectivity index (χ1n) is 8.66. The van der Waals surface area contributed by atoms with Crippen LogP contribution in [0, 0.1) is 0 Å². The van der Waals surface area contributed by atoms with Crippen molar-refractivity contribution in [3.05, 3.63) is 62.1 Å². The fourth-order valence-corrected chi connectivity index (χ4v) is 5.75. The minimum Gasteiger partial charge on any atom is -0.482 e. The summed E-state index contributed by atoms with van der Waals surface area (Å²) >= 11 is 24.1. The zero-order valence-electron chi connectivity index (χ0n) is 15.1. The molecule has 1 heterocycles. The van der Waals surface area contributed by atoms with E-state index in [1.54, 1.807) is 30.3 Å². The topological polar surface area (TPSA) is 63.7 Å². The first-order chi connectivity index (χ1) is 13.6. The summed E-state index contributed by atoms with van der Waals surface area (Å²) < 4.78 is 29.4. The molecule has 0 bridgehead atoms. The van der Waals surface area contributed by atoms with Crippen molar-refractivity contribution in [1.29, 1.82) is 0 Å². The largest absolute Gasteiger partial charge is 0.482 e. The molecule has 5 nitrogen and oxygen atoms in total. The Labute approximate surface area is 189 Å². The van der Waals surface area contributed by atoms with Crippen molar-refractivity contribution >= 4 is 62.1 Å². The predicted molar refractivity (Wildman–Crippen MR) is 116 cm³/mol. The van der Waals surface area contributed by atoms with Gasteiger partial charge in [-0.3, -0.25) is 4.79 Å². The number of carbonyl (C=O) groups is 1. The summed E-state index contributed by atoms with van der Waals surface area (Å²) in [7, 11) is -3.19. The highest BCUT2D eigenvalue weighted by molar-refractivity contribution is 7.91. The smallest absolute Gasteiger partial charge is 0.261 e. The summed E-state index contributed by atoms with van der Waals surface area (Å²) in [5.74, 6) is -0.109. The van der Waals surface area contributed by atoms with Crippen LogP contribution in [0.4, 0.5) is 0 Å². The van der Waals surface area contributed by atoms with Crippen LogP contribution in [-0.2, 0) is 21.2 Å². The van der Waals surface area contributed by atoms with Crippen LogP contribution in [0.2, 0.25) is 20.1 Å². The summed E-state index contributed by atoms with van der Waals surface area (Å²) in [5.41, 5.74) is 0.665. The molecule has 0 radical (unpaired) electrons. The van der Waals surface area contributed by atoms with Crippen molar-refractivity contribution in [2.75, 3.05) is 18.1 Å². The normalized spacial score (nSPS) is 17.9. The minimum absolute atomic E-state index is 0.0413. The van der Waals surface area contributed by atoms with Crippen molar-refractivity contribution < 1.29 is 17.9 Å². The van der Waals surface area contributed by atoms with Gasteiger partial charge in [0.1, 0.15) is 5.75 Å². The Balaban J connectivity index is 1.79. The molecule has 0 N–H and O–H groups in total. The van der Waals surface area contributed by atoms with Crippen LogP contribution < -0.4 is 4.74 Å². The number of carbonyl (C=O) groups excluding carboxylic acids is 1. The molecule has 1 aliphatic heterocycles. The highest BCUT2D eigenvalue weighted by Gasteiger charge is 2.35. The molecule has 1 saturated heterocycles. The first kappa shape index (κ1) is 22.5. The molecule has 3 rings (SSSR count). The third kappa shape index (κ3) is 5.92. The third-order valence-corrected chi connectivity index (χ3v) is 7.44. The molecule has 156 valence electrons. The minimum atomic E-state index is -3.19. The van der Waals surface area contributed by atoms with Gasteiger partial charge in [0.25, 0.3) is 5.91 Å². The summed E-state index contributed by atoms with van der Waals surface area (Å²) in [5, 5.41) is 1.60. The van der Waals surface area contributed by atoms with Crippen LogP contribution >= 0.6 is 46.4 Å². The fraction of sp³-hybridized carbons (Fsp3) is 0.316. The van der Waals surface area contributed by atoms with E-state index in [-0.39, 0.29) is 35.6 Å². The van der Waals surface area contributed by atoms with E-state index in [0.29, 0.717) is 32.8 Å². The van der Waals surface area contributed by atoms with Crippen molar-refractivity contribution in [2.45, 2.75) is 19.0 Å². The van der Waals surface area contributed by atoms with Gasteiger partial charge in [-0.15, -0.1) is 0 Å². The van der Waals surface area contributed by atoms with Gasteiger partial charge in [0.15, 0.2) is 16.4 Å². The van der Waals surface area contributed by atoms with Gasteiger partial charge in [0.05, 0.1) is 16.5 Å². The summed E-state index contributed by atoms with van der Waals surface area (Å²) in [6.45, 7) is -0.157. The average Bonchev–Trinajstić information content (AvgIpc) is 2.99. The molecule has 1 fully saturated rings. The second-order valence-corrected chi connectivity index (χ2v) is 10.6. The van der Waals surface area contributed by atoms with E-state index in [0.717, 1.165) is 0 Å². The number of halogens is 4. The van der Waals surface area contributed by atoms with Crippen LogP contribution in [0.15, 0.2) is 36.4 Å². The molecule has 29 heavy (non-hydrogen) atoms. The molecule has 0 aromatic heterocycles. The molecular formula is C19H17Cl4NO4S. The van der Waals surface area contributed by atoms with Gasteiger partial charge < -0.3 is 9.64 Å². The zero-order chi connectivity index (χ0) is 21.2. The van der Waals surface area contributed by atoms with E-state index in [9.17, 15) is 13.2 Å². The Kier molecular flexibility index (Phi) is 7.23. The summed E-state index contributed by atoms with van der Waals surface area (Å²) in [6.07, 6.45) is 0.362. The van der Waals surface area contributed by atoms with Crippen molar-refractivity contribution in [3.63, 3.8) is 0 Å². The molecule has 1 unspecified atom stereocenters. The van der Waals surface area contributed by atoms with Gasteiger partial charge in [-0.25, -0.2) is 8.42 Å². The lowest BCUT2D eigenvalue weighted by Gasteiger charge is -2.29. The standard InChI is InChI=1S/C19H17Cl4NO4S/c20-13-2-1-12(16(22)7-13)9-24(15-5-6-29(26,27)11-15)19(25)10-28-18-4-3-14(21)8-17(18)23/h1-4,7-8,15H,5-6,9-11H2. The van der Waals surface area contributed by atoms with Gasteiger partial charge in [0, 0.05) is 27.7 Å². The molecule has 0 saturated carbocycles. The van der Waals surface area contributed by atoms with Crippen LogP contribution in [0.25, 0.3) is 0 Å². The summed E-state index contributed by atoms with van der Waals surface area (Å²) in [4.78, 5) is 14.4. The molecule has 0 spiro atoms. The molecule has 10 heteroatoms. The second-order valence-electron chi connectivity index (χ2n) is 6.68.